The molecule has 1 aliphatic rings. The first-order chi connectivity index (χ1) is 9.00. The number of hydrogen-bond donors (Lipinski definition) is 1. The van der Waals surface area contributed by atoms with Crippen molar-refractivity contribution in [3.63, 3.8) is 0 Å². The number of benzene rings is 1. The summed E-state index contributed by atoms with van der Waals surface area (Å²) in [6.45, 7) is 0.782. The Balaban J connectivity index is 2.20. The van der Waals surface area contributed by atoms with Gasteiger partial charge in [-0.05, 0) is 25.5 Å². The smallest absolute Gasteiger partial charge is 0.428 e. The van der Waals surface area contributed by atoms with Gasteiger partial charge in [-0.2, -0.15) is 17.6 Å². The highest BCUT2D eigenvalue weighted by Gasteiger charge is 2.44. The predicted molar refractivity (Wildman–Crippen MR) is 62.6 cm³/mol. The highest BCUT2D eigenvalue weighted by Crippen LogP contribution is 2.34. The molecule has 1 saturated heterocycles. The lowest BCUT2D eigenvalue weighted by Gasteiger charge is -2.27. The molecule has 0 aromatic heterocycles. The van der Waals surface area contributed by atoms with Gasteiger partial charge in [-0.25, -0.2) is 0 Å². The maximum absolute atomic E-state index is 13.0. The predicted octanol–water partition coefficient (Wildman–Crippen LogP) is 3.74. The van der Waals surface area contributed by atoms with Crippen molar-refractivity contribution in [2.24, 2.45) is 0 Å². The number of ether oxygens (including phenoxy) is 1. The van der Waals surface area contributed by atoms with E-state index in [1.807, 2.05) is 0 Å². The normalized spacial score (nSPS) is 20.6. The largest absolute Gasteiger partial charge is 0.461 e. The lowest BCUT2D eigenvalue weighted by molar-refractivity contribution is -0.253. The first-order valence-electron chi connectivity index (χ1n) is 6.18. The molecule has 19 heavy (non-hydrogen) atoms. The summed E-state index contributed by atoms with van der Waals surface area (Å²) in [7, 11) is 0. The number of nitrogens with one attached hydrogen (secondary N) is 1. The van der Waals surface area contributed by atoms with Gasteiger partial charge in [0.1, 0.15) is 5.75 Å². The van der Waals surface area contributed by atoms with E-state index in [0.29, 0.717) is 5.56 Å². The van der Waals surface area contributed by atoms with E-state index in [1.165, 1.54) is 12.1 Å². The molecule has 2 rings (SSSR count). The van der Waals surface area contributed by atoms with Gasteiger partial charge in [0.25, 0.3) is 0 Å². The maximum Gasteiger partial charge on any atom is 0.461 e. The number of para-hydroxylation sites is 1. The third kappa shape index (κ3) is 3.37. The Morgan fingerprint density at radius 3 is 2.58 bits per heavy atom. The van der Waals surface area contributed by atoms with Crippen molar-refractivity contribution in [1.29, 1.82) is 0 Å². The summed E-state index contributed by atoms with van der Waals surface area (Å²) < 4.78 is 54.6. The highest BCUT2D eigenvalue weighted by molar-refractivity contribution is 5.36. The van der Waals surface area contributed by atoms with Crippen LogP contribution in [0.2, 0.25) is 0 Å². The Morgan fingerprint density at radius 2 is 1.95 bits per heavy atom. The van der Waals surface area contributed by atoms with Crippen LogP contribution in [0.3, 0.4) is 0 Å². The average Bonchev–Trinajstić information content (AvgIpc) is 2.40. The van der Waals surface area contributed by atoms with Crippen LogP contribution in [-0.4, -0.2) is 19.1 Å². The van der Waals surface area contributed by atoms with Gasteiger partial charge in [0, 0.05) is 11.6 Å². The number of halogens is 4. The Labute approximate surface area is 108 Å². The molecule has 0 radical (unpaired) electrons. The zero-order valence-corrected chi connectivity index (χ0v) is 10.2. The van der Waals surface area contributed by atoms with Crippen LogP contribution < -0.4 is 10.1 Å². The molecule has 6 heteroatoms. The molecule has 1 atom stereocenters. The molecule has 1 aliphatic heterocycles. The summed E-state index contributed by atoms with van der Waals surface area (Å²) in [4.78, 5) is 0. The molecular formula is C13H15F4NO. The van der Waals surface area contributed by atoms with Crippen LogP contribution in [0.15, 0.2) is 24.3 Å². The van der Waals surface area contributed by atoms with Gasteiger partial charge in [-0.15, -0.1) is 0 Å². The number of alkyl halides is 4. The minimum absolute atomic E-state index is 0.126. The molecule has 0 saturated carbocycles. The lowest BCUT2D eigenvalue weighted by Crippen LogP contribution is -2.34. The molecule has 1 aromatic rings. The molecule has 0 spiro atoms. The van der Waals surface area contributed by atoms with Gasteiger partial charge < -0.3 is 10.1 Å². The van der Waals surface area contributed by atoms with Crippen LogP contribution in [0.25, 0.3) is 0 Å². The molecule has 2 nitrogen and oxygen atoms in total. The second-order valence-electron chi connectivity index (χ2n) is 4.50. The fourth-order valence-electron chi connectivity index (χ4n) is 2.17. The van der Waals surface area contributed by atoms with E-state index in [2.05, 4.69) is 10.1 Å². The highest BCUT2D eigenvalue weighted by atomic mass is 19.3. The van der Waals surface area contributed by atoms with E-state index in [9.17, 15) is 17.6 Å². The zero-order chi connectivity index (χ0) is 13.9. The van der Waals surface area contributed by atoms with Crippen molar-refractivity contribution < 1.29 is 22.3 Å². The standard InChI is InChI=1S/C13H15F4NO/c14-12(15)13(16,17)19-11-7-2-1-5-9(11)10-6-3-4-8-18-10/h1-2,5,7,10,12,18H,3-4,6,8H2/t10-/m0/s1. The second-order valence-corrected chi connectivity index (χ2v) is 4.50. The van der Waals surface area contributed by atoms with E-state index >= 15 is 0 Å². The Kier molecular flexibility index (Phi) is 4.29. The summed E-state index contributed by atoms with van der Waals surface area (Å²) >= 11 is 0. The monoisotopic (exact) mass is 277 g/mol. The Bertz CT molecular complexity index is 419. The summed E-state index contributed by atoms with van der Waals surface area (Å²) in [6.07, 6.45) is -5.55. The number of rotatable bonds is 4. The summed E-state index contributed by atoms with van der Waals surface area (Å²) in [6, 6.07) is 5.96. The van der Waals surface area contributed by atoms with E-state index < -0.39 is 12.5 Å². The third-order valence-electron chi connectivity index (χ3n) is 3.10. The van der Waals surface area contributed by atoms with E-state index in [1.54, 1.807) is 12.1 Å². The molecule has 106 valence electrons. The minimum atomic E-state index is -4.47. The van der Waals surface area contributed by atoms with E-state index in [-0.39, 0.29) is 11.8 Å². The van der Waals surface area contributed by atoms with Crippen molar-refractivity contribution in [3.8, 4) is 5.75 Å². The van der Waals surface area contributed by atoms with Crippen molar-refractivity contribution in [2.75, 3.05) is 6.54 Å². The number of hydrogen-bond acceptors (Lipinski definition) is 2. The molecular weight excluding hydrogens is 262 g/mol. The molecule has 1 fully saturated rings. The van der Waals surface area contributed by atoms with Crippen LogP contribution in [0.5, 0.6) is 5.75 Å². The fraction of sp³-hybridized carbons (Fsp3) is 0.538. The second kappa shape index (κ2) is 5.77. The van der Waals surface area contributed by atoms with Gasteiger partial charge in [-0.1, -0.05) is 24.6 Å². The molecule has 1 N–H and O–H groups in total. The van der Waals surface area contributed by atoms with Gasteiger partial charge in [-0.3, -0.25) is 0 Å². The summed E-state index contributed by atoms with van der Waals surface area (Å²) in [5.74, 6) is -0.188. The first-order valence-corrected chi connectivity index (χ1v) is 6.18. The molecule has 1 aromatic carbocycles. The topological polar surface area (TPSA) is 21.3 Å². The lowest BCUT2D eigenvalue weighted by atomic mass is 9.97. The van der Waals surface area contributed by atoms with Crippen molar-refractivity contribution in [3.05, 3.63) is 29.8 Å². The average molecular weight is 277 g/mol. The summed E-state index contributed by atoms with van der Waals surface area (Å²) in [5, 5.41) is 3.18. The maximum atomic E-state index is 13.0. The van der Waals surface area contributed by atoms with Crippen LogP contribution in [0.1, 0.15) is 30.9 Å². The van der Waals surface area contributed by atoms with Crippen molar-refractivity contribution in [2.45, 2.75) is 37.8 Å². The zero-order valence-electron chi connectivity index (χ0n) is 10.2. The third-order valence-corrected chi connectivity index (χ3v) is 3.10. The SMILES string of the molecule is FC(F)C(F)(F)Oc1ccccc1[C@@H]1CCCCN1. The molecule has 0 amide bonds. The first kappa shape index (κ1) is 14.1. The Morgan fingerprint density at radius 1 is 1.21 bits per heavy atom. The van der Waals surface area contributed by atoms with Crippen molar-refractivity contribution >= 4 is 0 Å². The van der Waals surface area contributed by atoms with Gasteiger partial charge in [0.2, 0.25) is 0 Å². The summed E-state index contributed by atoms with van der Waals surface area (Å²) in [5.41, 5.74) is 0.502. The van der Waals surface area contributed by atoms with Crippen LogP contribution in [0.4, 0.5) is 17.6 Å². The van der Waals surface area contributed by atoms with Gasteiger partial charge in [0.05, 0.1) is 0 Å². The number of piperidine rings is 1. The molecule has 1 heterocycles. The Hall–Kier alpha value is -1.30. The quantitative estimate of drug-likeness (QED) is 0.846. The van der Waals surface area contributed by atoms with Crippen LogP contribution >= 0.6 is 0 Å². The van der Waals surface area contributed by atoms with E-state index in [4.69, 9.17) is 0 Å². The minimum Gasteiger partial charge on any atom is -0.428 e. The van der Waals surface area contributed by atoms with E-state index in [0.717, 1.165) is 25.8 Å². The molecule has 0 aliphatic carbocycles. The molecule has 0 unspecified atom stereocenters. The molecule has 0 bridgehead atoms. The van der Waals surface area contributed by atoms with Crippen molar-refractivity contribution in [1.82, 2.24) is 5.32 Å². The van der Waals surface area contributed by atoms with Gasteiger partial charge in [0.15, 0.2) is 0 Å². The van der Waals surface area contributed by atoms with Crippen LogP contribution in [-0.2, 0) is 0 Å². The fourth-order valence-corrected chi connectivity index (χ4v) is 2.17. The van der Waals surface area contributed by atoms with Crippen LogP contribution in [0, 0.1) is 0 Å². The van der Waals surface area contributed by atoms with Gasteiger partial charge >= 0.3 is 12.5 Å².